The molecule has 6 nitrogen and oxygen atoms in total. The van der Waals surface area contributed by atoms with Crippen molar-refractivity contribution in [2.24, 2.45) is 5.10 Å². The van der Waals surface area contributed by atoms with Crippen molar-refractivity contribution in [2.45, 2.75) is 60.6 Å². The molecule has 0 atom stereocenters. The van der Waals surface area contributed by atoms with E-state index in [9.17, 15) is 4.79 Å². The van der Waals surface area contributed by atoms with Crippen LogP contribution < -0.4 is 10.2 Å². The highest BCUT2D eigenvalue weighted by atomic mass is 16.5. The second-order valence-corrected chi connectivity index (χ2v) is 6.91. The van der Waals surface area contributed by atoms with Gasteiger partial charge in [-0.05, 0) is 72.7 Å². The van der Waals surface area contributed by atoms with E-state index in [1.807, 2.05) is 39.3 Å². The van der Waals surface area contributed by atoms with Crippen molar-refractivity contribution >= 4 is 11.6 Å². The maximum absolute atomic E-state index is 12.3. The van der Waals surface area contributed by atoms with Gasteiger partial charge >= 0.3 is 0 Å². The van der Waals surface area contributed by atoms with Gasteiger partial charge in [-0.1, -0.05) is 0 Å². The van der Waals surface area contributed by atoms with Gasteiger partial charge in [-0.15, -0.1) is 0 Å². The maximum Gasteiger partial charge on any atom is 0.271 e. The number of amides is 1. The first-order valence-electron chi connectivity index (χ1n) is 8.88. The molecule has 0 unspecified atom stereocenters. The molecule has 140 valence electrons. The monoisotopic (exact) mass is 356 g/mol. The lowest BCUT2D eigenvalue weighted by Crippen LogP contribution is -2.19. The van der Waals surface area contributed by atoms with Crippen molar-refractivity contribution in [1.29, 1.82) is 0 Å². The topological polar surface area (TPSA) is 68.5 Å². The minimum atomic E-state index is -0.257. The molecule has 26 heavy (non-hydrogen) atoms. The number of hydrogen-bond acceptors (Lipinski definition) is 4. The van der Waals surface area contributed by atoms with Gasteiger partial charge in [-0.25, -0.2) is 5.43 Å². The van der Waals surface area contributed by atoms with E-state index in [-0.39, 0.29) is 18.1 Å². The minimum Gasteiger partial charge on any atom is -0.491 e. The predicted molar refractivity (Wildman–Crippen MR) is 104 cm³/mol. The van der Waals surface area contributed by atoms with E-state index in [0.29, 0.717) is 5.56 Å². The van der Waals surface area contributed by atoms with Gasteiger partial charge in [0.1, 0.15) is 5.75 Å². The predicted octanol–water partition coefficient (Wildman–Crippen LogP) is 4.02. The van der Waals surface area contributed by atoms with E-state index in [1.165, 1.54) is 0 Å². The van der Waals surface area contributed by atoms with Gasteiger partial charge in [0.2, 0.25) is 0 Å². The highest BCUT2D eigenvalue weighted by molar-refractivity contribution is 6.02. The average Bonchev–Trinajstić information content (AvgIpc) is 2.87. The number of hydrazone groups is 1. The zero-order valence-electron chi connectivity index (χ0n) is 16.6. The third-order valence-corrected chi connectivity index (χ3v) is 3.99. The smallest absolute Gasteiger partial charge is 0.271 e. The third-order valence-electron chi connectivity index (χ3n) is 3.99. The van der Waals surface area contributed by atoms with Crippen molar-refractivity contribution < 1.29 is 9.53 Å². The molecule has 0 fully saturated rings. The lowest BCUT2D eigenvalue weighted by molar-refractivity contribution is 0.0955. The van der Waals surface area contributed by atoms with E-state index >= 15 is 0 Å². The number of carbonyl (C=O) groups excluding carboxylic acids is 1. The van der Waals surface area contributed by atoms with Gasteiger partial charge < -0.3 is 4.74 Å². The van der Waals surface area contributed by atoms with Crippen molar-refractivity contribution in [3.63, 3.8) is 0 Å². The summed E-state index contributed by atoms with van der Waals surface area (Å²) in [5.41, 5.74) is 6.81. The Balaban J connectivity index is 2.12. The normalized spacial score (nSPS) is 12.0. The van der Waals surface area contributed by atoms with Crippen molar-refractivity contribution in [3.8, 4) is 5.75 Å². The molecule has 0 radical (unpaired) electrons. The largest absolute Gasteiger partial charge is 0.491 e. The van der Waals surface area contributed by atoms with Crippen LogP contribution >= 0.6 is 0 Å². The molecule has 0 aliphatic rings. The fourth-order valence-electron chi connectivity index (χ4n) is 2.90. The summed E-state index contributed by atoms with van der Waals surface area (Å²) in [7, 11) is 0. The molecule has 0 aliphatic heterocycles. The molecule has 2 rings (SSSR count). The molecular formula is C20H28N4O2. The number of aryl methyl sites for hydroxylation is 1. The number of ether oxygens (including phenoxy) is 1. The SMILES string of the molecule is CC(=NNC(=O)c1ccc(OC(C)C)cc1)c1c(C)nn(C(C)C)c1C. The fraction of sp³-hybridized carbons (Fsp3) is 0.450. The quantitative estimate of drug-likeness (QED) is 0.628. The Labute approximate surface area is 155 Å². The summed E-state index contributed by atoms with van der Waals surface area (Å²) < 4.78 is 7.56. The van der Waals surface area contributed by atoms with Crippen LogP contribution in [0.15, 0.2) is 29.4 Å². The molecule has 0 aliphatic carbocycles. The lowest BCUT2D eigenvalue weighted by Gasteiger charge is -2.10. The Morgan fingerprint density at radius 2 is 1.77 bits per heavy atom. The van der Waals surface area contributed by atoms with Gasteiger partial charge in [-0.3, -0.25) is 9.48 Å². The Hall–Kier alpha value is -2.63. The second-order valence-electron chi connectivity index (χ2n) is 6.91. The van der Waals surface area contributed by atoms with Crippen LogP contribution in [0, 0.1) is 13.8 Å². The molecule has 6 heteroatoms. The van der Waals surface area contributed by atoms with Gasteiger partial charge in [0.15, 0.2) is 0 Å². The number of nitrogens with zero attached hydrogens (tertiary/aromatic N) is 3. The molecule has 0 spiro atoms. The molecule has 0 saturated carbocycles. The number of nitrogens with one attached hydrogen (secondary N) is 1. The molecule has 0 saturated heterocycles. The zero-order chi connectivity index (χ0) is 19.4. The summed E-state index contributed by atoms with van der Waals surface area (Å²) in [6.07, 6.45) is 0.0974. The molecule has 1 aromatic heterocycles. The number of hydrogen-bond donors (Lipinski definition) is 1. The Bertz CT molecular complexity index is 802. The number of aromatic nitrogens is 2. The van der Waals surface area contributed by atoms with Crippen molar-refractivity contribution in [3.05, 3.63) is 46.8 Å². The lowest BCUT2D eigenvalue weighted by atomic mass is 10.1. The number of rotatable bonds is 6. The summed E-state index contributed by atoms with van der Waals surface area (Å²) in [5.74, 6) is 0.482. The fourth-order valence-corrected chi connectivity index (χ4v) is 2.90. The first-order chi connectivity index (χ1) is 12.2. The Kier molecular flexibility index (Phi) is 6.18. The van der Waals surface area contributed by atoms with E-state index in [1.54, 1.807) is 24.3 Å². The molecule has 1 N–H and O–H groups in total. The minimum absolute atomic E-state index is 0.0974. The van der Waals surface area contributed by atoms with Crippen LogP contribution in [0.4, 0.5) is 0 Å². The van der Waals surface area contributed by atoms with E-state index in [0.717, 1.165) is 28.4 Å². The van der Waals surface area contributed by atoms with Crippen molar-refractivity contribution in [2.75, 3.05) is 0 Å². The van der Waals surface area contributed by atoms with Crippen LogP contribution in [0.25, 0.3) is 0 Å². The van der Waals surface area contributed by atoms with Gasteiger partial charge in [0, 0.05) is 22.9 Å². The summed E-state index contributed by atoms with van der Waals surface area (Å²) in [6.45, 7) is 13.9. The second kappa shape index (κ2) is 8.17. The summed E-state index contributed by atoms with van der Waals surface area (Å²) in [5, 5.41) is 8.83. The van der Waals surface area contributed by atoms with Gasteiger partial charge in [0.25, 0.3) is 5.91 Å². The molecule has 1 heterocycles. The van der Waals surface area contributed by atoms with Crippen LogP contribution in [-0.2, 0) is 0 Å². The van der Waals surface area contributed by atoms with E-state index in [2.05, 4.69) is 29.5 Å². The first kappa shape index (κ1) is 19.7. The van der Waals surface area contributed by atoms with Crippen LogP contribution in [0.2, 0.25) is 0 Å². The van der Waals surface area contributed by atoms with Crippen LogP contribution in [0.3, 0.4) is 0 Å². The van der Waals surface area contributed by atoms with Crippen LogP contribution in [0.5, 0.6) is 5.75 Å². The van der Waals surface area contributed by atoms with Crippen molar-refractivity contribution in [1.82, 2.24) is 15.2 Å². The molecule has 1 aromatic carbocycles. The van der Waals surface area contributed by atoms with Gasteiger partial charge in [0.05, 0.1) is 17.5 Å². The average molecular weight is 356 g/mol. The highest BCUT2D eigenvalue weighted by Crippen LogP contribution is 2.18. The third kappa shape index (κ3) is 4.50. The number of carbonyl (C=O) groups is 1. The highest BCUT2D eigenvalue weighted by Gasteiger charge is 2.16. The molecule has 2 aromatic rings. The molecular weight excluding hydrogens is 328 g/mol. The Morgan fingerprint density at radius 1 is 1.15 bits per heavy atom. The maximum atomic E-state index is 12.3. The zero-order valence-corrected chi connectivity index (χ0v) is 16.6. The Morgan fingerprint density at radius 3 is 2.27 bits per heavy atom. The van der Waals surface area contributed by atoms with E-state index in [4.69, 9.17) is 4.74 Å². The molecule has 1 amide bonds. The summed E-state index contributed by atoms with van der Waals surface area (Å²) in [4.78, 5) is 12.3. The first-order valence-corrected chi connectivity index (χ1v) is 8.88. The summed E-state index contributed by atoms with van der Waals surface area (Å²) >= 11 is 0. The van der Waals surface area contributed by atoms with Crippen LogP contribution in [0.1, 0.15) is 68.0 Å². The van der Waals surface area contributed by atoms with Gasteiger partial charge in [-0.2, -0.15) is 10.2 Å². The summed E-state index contributed by atoms with van der Waals surface area (Å²) in [6, 6.07) is 7.30. The standard InChI is InChI=1S/C20H28N4O2/c1-12(2)24-16(7)19(15(6)23-24)14(5)21-22-20(25)17-8-10-18(11-9-17)26-13(3)4/h8-13H,1-7H3,(H,22,25). The molecule has 0 bridgehead atoms. The number of benzene rings is 1. The van der Waals surface area contributed by atoms with Crippen LogP contribution in [-0.4, -0.2) is 27.5 Å². The van der Waals surface area contributed by atoms with E-state index < -0.39 is 0 Å².